The fourth-order valence-electron chi connectivity index (χ4n) is 8.49. The van der Waals surface area contributed by atoms with E-state index in [1.807, 2.05) is 66.9 Å². The molecule has 0 unspecified atom stereocenters. The van der Waals surface area contributed by atoms with E-state index in [1.54, 1.807) is 6.20 Å². The van der Waals surface area contributed by atoms with Crippen LogP contribution in [0.4, 0.5) is 0 Å². The van der Waals surface area contributed by atoms with Crippen LogP contribution < -0.4 is 0 Å². The highest BCUT2D eigenvalue weighted by Crippen LogP contribution is 2.42. The second kappa shape index (κ2) is 12.3. The molecule has 12 rings (SSSR count). The van der Waals surface area contributed by atoms with Crippen LogP contribution in [0.1, 0.15) is 0 Å². The molecular formula is C50H30N6O. The van der Waals surface area contributed by atoms with E-state index in [0.29, 0.717) is 23.0 Å². The fourth-order valence-corrected chi connectivity index (χ4v) is 8.49. The number of fused-ring (bicyclic) bond motifs is 9. The molecule has 0 aliphatic heterocycles. The van der Waals surface area contributed by atoms with Gasteiger partial charge in [0.05, 0.1) is 27.8 Å². The predicted molar refractivity (Wildman–Crippen MR) is 230 cm³/mol. The zero-order chi connectivity index (χ0) is 37.5. The van der Waals surface area contributed by atoms with Gasteiger partial charge >= 0.3 is 0 Å². The maximum absolute atomic E-state index is 6.55. The van der Waals surface area contributed by atoms with Crippen LogP contribution in [-0.4, -0.2) is 29.1 Å². The minimum absolute atomic E-state index is 0.559. The third-order valence-corrected chi connectivity index (χ3v) is 11.0. The van der Waals surface area contributed by atoms with Crippen LogP contribution >= 0.6 is 0 Å². The van der Waals surface area contributed by atoms with Gasteiger partial charge in [-0.05, 0) is 71.4 Å². The van der Waals surface area contributed by atoms with Gasteiger partial charge in [-0.25, -0.2) is 15.0 Å². The quantitative estimate of drug-likeness (QED) is 0.176. The lowest BCUT2D eigenvalue weighted by molar-refractivity contribution is 0.620. The molecule has 0 radical (unpaired) electrons. The molecule has 0 amide bonds. The highest BCUT2D eigenvalue weighted by Gasteiger charge is 2.24. The first-order valence-corrected chi connectivity index (χ1v) is 19.0. The molecule has 7 aromatic carbocycles. The van der Waals surface area contributed by atoms with Gasteiger partial charge in [-0.3, -0.25) is 9.55 Å². The molecule has 0 aliphatic carbocycles. The summed E-state index contributed by atoms with van der Waals surface area (Å²) in [5, 5.41) is 7.01. The van der Waals surface area contributed by atoms with Gasteiger partial charge in [-0.15, -0.1) is 0 Å². The van der Waals surface area contributed by atoms with Gasteiger partial charge in [-0.1, -0.05) is 103 Å². The van der Waals surface area contributed by atoms with Crippen LogP contribution in [0.25, 0.3) is 111 Å². The summed E-state index contributed by atoms with van der Waals surface area (Å²) in [5.41, 5.74) is 10.1. The predicted octanol–water partition coefficient (Wildman–Crippen LogP) is 12.4. The summed E-state index contributed by atoms with van der Waals surface area (Å²) in [6, 6.07) is 59.1. The van der Waals surface area contributed by atoms with Gasteiger partial charge in [-0.2, -0.15) is 0 Å². The SMILES string of the molecule is c1ccc(-c2nc3cccc(-c4cc(-n5c6ccccc6c6ccc7c8ccccc8n(-c8ccc9ccccc9c8)c7c65)nc(-c5cccnc5)n4)c3o2)cc1. The van der Waals surface area contributed by atoms with Crippen molar-refractivity contribution in [1.29, 1.82) is 0 Å². The Hall–Kier alpha value is -7.90. The first kappa shape index (κ1) is 31.5. The third kappa shape index (κ3) is 4.86. The van der Waals surface area contributed by atoms with Gasteiger partial charge in [0, 0.05) is 62.4 Å². The van der Waals surface area contributed by atoms with Gasteiger partial charge in [0.25, 0.3) is 0 Å². The van der Waals surface area contributed by atoms with E-state index in [-0.39, 0.29) is 0 Å². The summed E-state index contributed by atoms with van der Waals surface area (Å²) in [5.74, 6) is 1.85. The summed E-state index contributed by atoms with van der Waals surface area (Å²) in [6.07, 6.45) is 3.58. The molecule has 5 heterocycles. The van der Waals surface area contributed by atoms with Gasteiger partial charge in [0.1, 0.15) is 11.3 Å². The molecule has 0 saturated carbocycles. The summed E-state index contributed by atoms with van der Waals surface area (Å²) in [4.78, 5) is 19.9. The monoisotopic (exact) mass is 730 g/mol. The average Bonchev–Trinajstić information content (AvgIpc) is 3.97. The van der Waals surface area contributed by atoms with Crippen molar-refractivity contribution in [2.75, 3.05) is 0 Å². The topological polar surface area (TPSA) is 74.6 Å². The van der Waals surface area contributed by atoms with Crippen LogP contribution in [0.5, 0.6) is 0 Å². The van der Waals surface area contributed by atoms with Gasteiger partial charge in [0.2, 0.25) is 5.89 Å². The van der Waals surface area contributed by atoms with Crippen LogP contribution in [-0.2, 0) is 0 Å². The number of para-hydroxylation sites is 3. The molecule has 0 N–H and O–H groups in total. The molecule has 0 bridgehead atoms. The number of pyridine rings is 1. The van der Waals surface area contributed by atoms with Crippen molar-refractivity contribution in [3.8, 4) is 45.6 Å². The highest BCUT2D eigenvalue weighted by molar-refractivity contribution is 6.23. The average molecular weight is 731 g/mol. The molecule has 7 heteroatoms. The van der Waals surface area contributed by atoms with Crippen molar-refractivity contribution in [3.63, 3.8) is 0 Å². The largest absolute Gasteiger partial charge is 0.435 e. The standard InChI is InChI=1S/C50H30N6O/c1-2-13-32(14-3-1)50-53-41-20-10-19-40(48(41)57-50)42-29-45(54-49(52-42)34-16-11-27-51-30-34)56-44-22-9-7-18-37(44)39-26-25-38-36-17-6-8-21-43(36)55(46(38)47(39)56)35-24-23-31-12-4-5-15-33(31)28-35/h1-30H. The number of benzene rings is 7. The maximum Gasteiger partial charge on any atom is 0.227 e. The molecule has 57 heavy (non-hydrogen) atoms. The summed E-state index contributed by atoms with van der Waals surface area (Å²) in [6.45, 7) is 0. The van der Waals surface area contributed by atoms with Crippen molar-refractivity contribution in [2.24, 2.45) is 0 Å². The molecule has 266 valence electrons. The van der Waals surface area contributed by atoms with E-state index in [4.69, 9.17) is 19.4 Å². The molecule has 0 atom stereocenters. The lowest BCUT2D eigenvalue weighted by Gasteiger charge is -2.14. The number of nitrogens with zero attached hydrogens (tertiary/aromatic N) is 6. The van der Waals surface area contributed by atoms with Crippen molar-refractivity contribution in [3.05, 3.63) is 182 Å². The fraction of sp³-hybridized carbons (Fsp3) is 0. The summed E-state index contributed by atoms with van der Waals surface area (Å²) < 4.78 is 11.3. The zero-order valence-electron chi connectivity index (χ0n) is 30.4. The molecule has 0 spiro atoms. The maximum atomic E-state index is 6.55. The Bertz CT molecular complexity index is 3530. The van der Waals surface area contributed by atoms with Crippen LogP contribution in [0.3, 0.4) is 0 Å². The number of aromatic nitrogens is 6. The number of hydrogen-bond acceptors (Lipinski definition) is 5. The van der Waals surface area contributed by atoms with E-state index in [9.17, 15) is 0 Å². The molecular weight excluding hydrogens is 701 g/mol. The van der Waals surface area contributed by atoms with Crippen molar-refractivity contribution in [1.82, 2.24) is 29.1 Å². The van der Waals surface area contributed by atoms with E-state index in [0.717, 1.165) is 71.9 Å². The lowest BCUT2D eigenvalue weighted by Crippen LogP contribution is -2.04. The number of rotatable bonds is 5. The first-order valence-electron chi connectivity index (χ1n) is 19.0. The smallest absolute Gasteiger partial charge is 0.227 e. The molecule has 12 aromatic rings. The summed E-state index contributed by atoms with van der Waals surface area (Å²) >= 11 is 0. The lowest BCUT2D eigenvalue weighted by atomic mass is 10.1. The highest BCUT2D eigenvalue weighted by atomic mass is 16.3. The van der Waals surface area contributed by atoms with Crippen LogP contribution in [0.2, 0.25) is 0 Å². The van der Waals surface area contributed by atoms with Crippen LogP contribution in [0.15, 0.2) is 187 Å². The van der Waals surface area contributed by atoms with E-state index in [1.165, 1.54) is 16.2 Å². The van der Waals surface area contributed by atoms with E-state index >= 15 is 0 Å². The number of oxazole rings is 1. The molecule has 7 nitrogen and oxygen atoms in total. The Balaban J connectivity index is 1.20. The van der Waals surface area contributed by atoms with E-state index < -0.39 is 0 Å². The first-order chi connectivity index (χ1) is 28.3. The van der Waals surface area contributed by atoms with Crippen LogP contribution in [0, 0.1) is 0 Å². The molecule has 0 aliphatic rings. The minimum Gasteiger partial charge on any atom is -0.435 e. The van der Waals surface area contributed by atoms with Crippen molar-refractivity contribution in [2.45, 2.75) is 0 Å². The van der Waals surface area contributed by atoms with Gasteiger partial charge in [0.15, 0.2) is 11.4 Å². The molecule has 5 aromatic heterocycles. The molecule has 0 saturated heterocycles. The normalized spacial score (nSPS) is 11.9. The second-order valence-electron chi connectivity index (χ2n) is 14.3. The Labute approximate surface area is 325 Å². The second-order valence-corrected chi connectivity index (χ2v) is 14.3. The van der Waals surface area contributed by atoms with E-state index in [2.05, 4.69) is 123 Å². The molecule has 0 fully saturated rings. The Morgan fingerprint density at radius 3 is 1.96 bits per heavy atom. The van der Waals surface area contributed by atoms with Gasteiger partial charge < -0.3 is 8.98 Å². The van der Waals surface area contributed by atoms with Crippen molar-refractivity contribution < 1.29 is 4.42 Å². The third-order valence-electron chi connectivity index (χ3n) is 11.0. The Morgan fingerprint density at radius 1 is 0.474 bits per heavy atom. The Morgan fingerprint density at radius 2 is 1.18 bits per heavy atom. The Kier molecular flexibility index (Phi) is 6.79. The number of hydrogen-bond donors (Lipinski definition) is 0. The summed E-state index contributed by atoms with van der Waals surface area (Å²) in [7, 11) is 0. The van der Waals surface area contributed by atoms with Crippen molar-refractivity contribution >= 4 is 65.5 Å². The minimum atomic E-state index is 0.559. The zero-order valence-corrected chi connectivity index (χ0v) is 30.4.